The maximum Gasteiger partial charge on any atom is 0.407 e. The Morgan fingerprint density at radius 2 is 1.77 bits per heavy atom. The minimum atomic E-state index is -0.492. The van der Waals surface area contributed by atoms with Crippen molar-refractivity contribution in [1.29, 1.82) is 0 Å². The van der Waals surface area contributed by atoms with Crippen LogP contribution in [0.4, 0.5) is 4.79 Å². The molecule has 2 aliphatic carbocycles. The molecular formula is C22H39N5O3. The molecule has 0 aromatic heterocycles. The largest absolute Gasteiger partial charge is 0.444 e. The van der Waals surface area contributed by atoms with Crippen molar-refractivity contribution in [1.82, 2.24) is 20.4 Å². The number of fused-ring (bicyclic) bond motifs is 1. The summed E-state index contributed by atoms with van der Waals surface area (Å²) < 4.78 is 5.46. The number of hydrogen-bond acceptors (Lipinski definition) is 4. The Kier molecular flexibility index (Phi) is 7.14. The maximum atomic E-state index is 12.3. The van der Waals surface area contributed by atoms with E-state index in [1.165, 1.54) is 12.8 Å². The summed E-state index contributed by atoms with van der Waals surface area (Å²) in [5, 5.41) is 6.72. The van der Waals surface area contributed by atoms with Gasteiger partial charge in [-0.05, 0) is 52.4 Å². The second kappa shape index (κ2) is 9.43. The average Bonchev–Trinajstić information content (AvgIpc) is 3.35. The van der Waals surface area contributed by atoms with Gasteiger partial charge >= 0.3 is 6.09 Å². The normalized spacial score (nSPS) is 27.2. The van der Waals surface area contributed by atoms with Gasteiger partial charge in [-0.25, -0.2) is 9.79 Å². The van der Waals surface area contributed by atoms with Crippen LogP contribution in [0, 0.1) is 11.8 Å². The van der Waals surface area contributed by atoms with E-state index in [4.69, 9.17) is 4.74 Å². The van der Waals surface area contributed by atoms with Gasteiger partial charge in [0.2, 0.25) is 5.91 Å². The van der Waals surface area contributed by atoms with Gasteiger partial charge in [0.1, 0.15) is 12.1 Å². The van der Waals surface area contributed by atoms with Gasteiger partial charge in [-0.15, -0.1) is 0 Å². The van der Waals surface area contributed by atoms with Crippen LogP contribution in [0.25, 0.3) is 0 Å². The number of carbonyl (C=O) groups excluding carboxylic acids is 2. The summed E-state index contributed by atoms with van der Waals surface area (Å²) in [5.74, 6) is 1.77. The Balaban J connectivity index is 1.63. The van der Waals surface area contributed by atoms with Crippen LogP contribution in [-0.4, -0.2) is 79.2 Å². The molecule has 1 saturated heterocycles. The van der Waals surface area contributed by atoms with E-state index >= 15 is 0 Å². The van der Waals surface area contributed by atoms with Crippen molar-refractivity contribution in [2.24, 2.45) is 16.8 Å². The first-order chi connectivity index (χ1) is 14.1. The number of carbonyl (C=O) groups is 2. The number of ether oxygens (including phenoxy) is 1. The van der Waals surface area contributed by atoms with Crippen molar-refractivity contribution < 1.29 is 14.3 Å². The number of alkyl carbamates (subject to hydrolysis) is 1. The van der Waals surface area contributed by atoms with E-state index in [1.54, 1.807) is 19.0 Å². The van der Waals surface area contributed by atoms with E-state index in [1.807, 2.05) is 20.8 Å². The summed E-state index contributed by atoms with van der Waals surface area (Å²) in [4.78, 5) is 32.9. The molecule has 3 fully saturated rings. The van der Waals surface area contributed by atoms with E-state index < -0.39 is 5.60 Å². The Hall–Kier alpha value is -1.99. The molecule has 2 amide bonds. The Labute approximate surface area is 180 Å². The molecule has 0 bridgehead atoms. The van der Waals surface area contributed by atoms with E-state index in [0.29, 0.717) is 17.9 Å². The fraction of sp³-hybridized carbons (Fsp3) is 0.864. The van der Waals surface area contributed by atoms with Crippen LogP contribution < -0.4 is 10.6 Å². The zero-order valence-corrected chi connectivity index (χ0v) is 19.2. The van der Waals surface area contributed by atoms with E-state index in [2.05, 4.69) is 20.5 Å². The predicted octanol–water partition coefficient (Wildman–Crippen LogP) is 2.20. The molecule has 3 aliphatic rings. The molecule has 1 aliphatic heterocycles. The van der Waals surface area contributed by atoms with Gasteiger partial charge in [-0.1, -0.05) is 12.8 Å². The van der Waals surface area contributed by atoms with Gasteiger partial charge in [-0.2, -0.15) is 0 Å². The van der Waals surface area contributed by atoms with E-state index in [0.717, 1.165) is 44.7 Å². The first-order valence-electron chi connectivity index (χ1n) is 11.4. The molecule has 0 aromatic rings. The van der Waals surface area contributed by atoms with Crippen LogP contribution >= 0.6 is 0 Å². The highest BCUT2D eigenvalue weighted by atomic mass is 16.6. The standard InChI is InChI=1S/C22H39N5O3/c1-22(2,3)30-21(29)25-18-11-10-15-13-27(14-17(15)18)20(23-12-19(28)26(4)5)24-16-8-6-7-9-16/h15-18H,6-14H2,1-5H3,(H,23,24)(H,25,29). The molecule has 0 spiro atoms. The number of guanidine groups is 1. The van der Waals surface area contributed by atoms with Gasteiger partial charge < -0.3 is 25.2 Å². The molecule has 8 heteroatoms. The van der Waals surface area contributed by atoms with Crippen LogP contribution in [0.5, 0.6) is 0 Å². The molecular weight excluding hydrogens is 382 g/mol. The molecule has 3 unspecified atom stereocenters. The number of hydrogen-bond donors (Lipinski definition) is 2. The third-order valence-electron chi connectivity index (χ3n) is 6.41. The van der Waals surface area contributed by atoms with Crippen molar-refractivity contribution in [3.05, 3.63) is 0 Å². The van der Waals surface area contributed by atoms with E-state index in [-0.39, 0.29) is 24.6 Å². The monoisotopic (exact) mass is 421 g/mol. The average molecular weight is 422 g/mol. The number of amides is 2. The minimum Gasteiger partial charge on any atom is -0.444 e. The Morgan fingerprint density at radius 3 is 2.40 bits per heavy atom. The fourth-order valence-electron chi connectivity index (χ4n) is 4.85. The quantitative estimate of drug-likeness (QED) is 0.537. The first-order valence-corrected chi connectivity index (χ1v) is 11.4. The molecule has 0 radical (unpaired) electrons. The number of aliphatic imine (C=N–C) groups is 1. The molecule has 30 heavy (non-hydrogen) atoms. The van der Waals surface area contributed by atoms with Crippen LogP contribution in [0.1, 0.15) is 59.3 Å². The smallest absolute Gasteiger partial charge is 0.407 e. The lowest BCUT2D eigenvalue weighted by molar-refractivity contribution is -0.127. The van der Waals surface area contributed by atoms with Gasteiger partial charge in [0.05, 0.1) is 0 Å². The minimum absolute atomic E-state index is 0.00424. The Morgan fingerprint density at radius 1 is 1.07 bits per heavy atom. The highest BCUT2D eigenvalue weighted by Gasteiger charge is 2.44. The fourth-order valence-corrected chi connectivity index (χ4v) is 4.85. The molecule has 1 heterocycles. The van der Waals surface area contributed by atoms with Crippen molar-refractivity contribution >= 4 is 18.0 Å². The highest BCUT2D eigenvalue weighted by molar-refractivity contribution is 5.85. The topological polar surface area (TPSA) is 86.3 Å². The predicted molar refractivity (Wildman–Crippen MR) is 117 cm³/mol. The second-order valence-electron chi connectivity index (χ2n) is 10.2. The van der Waals surface area contributed by atoms with Gasteiger partial charge in [0.15, 0.2) is 5.96 Å². The molecule has 8 nitrogen and oxygen atoms in total. The molecule has 3 atom stereocenters. The zero-order valence-electron chi connectivity index (χ0n) is 19.2. The number of likely N-dealkylation sites (N-methyl/N-ethyl adjacent to an activating group) is 1. The number of likely N-dealkylation sites (tertiary alicyclic amines) is 1. The highest BCUT2D eigenvalue weighted by Crippen LogP contribution is 2.38. The second-order valence-corrected chi connectivity index (χ2v) is 10.2. The molecule has 0 aromatic carbocycles. The SMILES string of the molecule is CN(C)C(=O)CN=C(NC1CCCC1)N1CC2CCC(NC(=O)OC(C)(C)C)C2C1. The van der Waals surface area contributed by atoms with Crippen molar-refractivity contribution in [3.63, 3.8) is 0 Å². The summed E-state index contributed by atoms with van der Waals surface area (Å²) in [7, 11) is 3.52. The summed E-state index contributed by atoms with van der Waals surface area (Å²) in [5.41, 5.74) is -0.492. The Bertz CT molecular complexity index is 652. The van der Waals surface area contributed by atoms with Gasteiger partial charge in [-0.3, -0.25) is 4.79 Å². The third-order valence-corrected chi connectivity index (χ3v) is 6.41. The number of rotatable bonds is 4. The van der Waals surface area contributed by atoms with Crippen molar-refractivity contribution in [3.8, 4) is 0 Å². The lowest BCUT2D eigenvalue weighted by Crippen LogP contribution is -2.47. The molecule has 2 N–H and O–H groups in total. The van der Waals surface area contributed by atoms with Crippen LogP contribution in [0.15, 0.2) is 4.99 Å². The molecule has 2 saturated carbocycles. The lowest BCUT2D eigenvalue weighted by Gasteiger charge is -2.27. The summed E-state index contributed by atoms with van der Waals surface area (Å²) >= 11 is 0. The summed E-state index contributed by atoms with van der Waals surface area (Å²) in [6, 6.07) is 0.570. The zero-order chi connectivity index (χ0) is 21.9. The molecule has 3 rings (SSSR count). The summed E-state index contributed by atoms with van der Waals surface area (Å²) in [6.07, 6.45) is 6.55. The number of nitrogens with zero attached hydrogens (tertiary/aromatic N) is 3. The van der Waals surface area contributed by atoms with Crippen LogP contribution in [0.2, 0.25) is 0 Å². The van der Waals surface area contributed by atoms with Crippen LogP contribution in [0.3, 0.4) is 0 Å². The van der Waals surface area contributed by atoms with E-state index in [9.17, 15) is 9.59 Å². The lowest BCUT2D eigenvalue weighted by atomic mass is 9.98. The number of nitrogens with one attached hydrogen (secondary N) is 2. The van der Waals surface area contributed by atoms with Crippen LogP contribution in [-0.2, 0) is 9.53 Å². The van der Waals surface area contributed by atoms with Gasteiger partial charge in [0, 0.05) is 45.2 Å². The first kappa shape index (κ1) is 22.7. The maximum absolute atomic E-state index is 12.3. The van der Waals surface area contributed by atoms with Crippen molar-refractivity contribution in [2.75, 3.05) is 33.7 Å². The summed E-state index contributed by atoms with van der Waals surface area (Å²) in [6.45, 7) is 7.58. The van der Waals surface area contributed by atoms with Crippen molar-refractivity contribution in [2.45, 2.75) is 77.0 Å². The molecule has 170 valence electrons. The third kappa shape index (κ3) is 6.01. The van der Waals surface area contributed by atoms with Gasteiger partial charge in [0.25, 0.3) is 0 Å².